The number of halogens is 1. The van der Waals surface area contributed by atoms with Crippen LogP contribution in [0.3, 0.4) is 0 Å². The van der Waals surface area contributed by atoms with Crippen molar-refractivity contribution in [2.45, 2.75) is 45.6 Å². The van der Waals surface area contributed by atoms with Crippen molar-refractivity contribution in [1.29, 1.82) is 0 Å². The van der Waals surface area contributed by atoms with E-state index in [0.717, 1.165) is 42.8 Å². The van der Waals surface area contributed by atoms with Gasteiger partial charge in [-0.15, -0.1) is 24.0 Å². The van der Waals surface area contributed by atoms with Crippen molar-refractivity contribution in [3.05, 3.63) is 29.3 Å². The minimum absolute atomic E-state index is 0. The maximum Gasteiger partial charge on any atom is 0.191 e. The van der Waals surface area contributed by atoms with Crippen molar-refractivity contribution in [1.82, 2.24) is 10.6 Å². The molecule has 1 aromatic rings. The van der Waals surface area contributed by atoms with E-state index in [2.05, 4.69) is 40.7 Å². The van der Waals surface area contributed by atoms with Crippen molar-refractivity contribution >= 4 is 29.9 Å². The van der Waals surface area contributed by atoms with Crippen molar-refractivity contribution in [2.75, 3.05) is 33.9 Å². The van der Waals surface area contributed by atoms with Gasteiger partial charge in [-0.05, 0) is 37.3 Å². The summed E-state index contributed by atoms with van der Waals surface area (Å²) >= 11 is 0. The molecular formula is C20H34IN3O2. The molecule has 0 spiro atoms. The number of aryl methyl sites for hydroxylation is 1. The maximum absolute atomic E-state index is 5.94. The number of nitrogens with zero attached hydrogens (tertiary/aromatic N) is 1. The van der Waals surface area contributed by atoms with Gasteiger partial charge in [0, 0.05) is 45.8 Å². The zero-order chi connectivity index (χ0) is 17.9. The molecule has 148 valence electrons. The van der Waals surface area contributed by atoms with E-state index in [1.54, 1.807) is 7.11 Å². The van der Waals surface area contributed by atoms with Crippen LogP contribution in [-0.4, -0.2) is 39.9 Å². The normalized spacial score (nSPS) is 13.9. The smallest absolute Gasteiger partial charge is 0.191 e. The molecule has 1 saturated carbocycles. The fourth-order valence-corrected chi connectivity index (χ4v) is 2.73. The molecule has 0 radical (unpaired) electrons. The summed E-state index contributed by atoms with van der Waals surface area (Å²) < 4.78 is 11.0. The molecule has 0 aromatic heterocycles. The number of hydrogen-bond acceptors (Lipinski definition) is 3. The summed E-state index contributed by atoms with van der Waals surface area (Å²) in [6.45, 7) is 5.14. The second-order valence-electron chi connectivity index (χ2n) is 6.74. The molecule has 2 rings (SSSR count). The van der Waals surface area contributed by atoms with E-state index in [4.69, 9.17) is 9.47 Å². The Bertz CT molecular complexity index is 548. The number of hydrogen-bond donors (Lipinski definition) is 2. The van der Waals surface area contributed by atoms with Crippen LogP contribution in [0.25, 0.3) is 0 Å². The van der Waals surface area contributed by atoms with Gasteiger partial charge in [0.25, 0.3) is 0 Å². The Morgan fingerprint density at radius 1 is 1.19 bits per heavy atom. The number of benzene rings is 1. The molecule has 1 aliphatic carbocycles. The first-order valence-electron chi connectivity index (χ1n) is 9.38. The lowest BCUT2D eigenvalue weighted by Crippen LogP contribution is -2.37. The summed E-state index contributed by atoms with van der Waals surface area (Å²) in [6.07, 6.45) is 6.29. The number of ether oxygens (including phenoxy) is 2. The molecule has 0 heterocycles. The summed E-state index contributed by atoms with van der Waals surface area (Å²) in [7, 11) is 3.53. The van der Waals surface area contributed by atoms with Crippen LogP contribution < -0.4 is 15.4 Å². The van der Waals surface area contributed by atoms with Crippen LogP contribution in [0.1, 0.15) is 43.2 Å². The molecule has 0 unspecified atom stereocenters. The highest BCUT2D eigenvalue weighted by atomic mass is 127. The van der Waals surface area contributed by atoms with Gasteiger partial charge in [0.2, 0.25) is 0 Å². The Labute approximate surface area is 175 Å². The third-order valence-corrected chi connectivity index (χ3v) is 4.42. The van der Waals surface area contributed by atoms with Crippen LogP contribution in [0, 0.1) is 12.8 Å². The van der Waals surface area contributed by atoms with Crippen LogP contribution in [0.2, 0.25) is 0 Å². The zero-order valence-electron chi connectivity index (χ0n) is 16.3. The first kappa shape index (κ1) is 23.0. The summed E-state index contributed by atoms with van der Waals surface area (Å²) in [6, 6.07) is 6.33. The molecule has 0 bridgehead atoms. The average Bonchev–Trinajstić information content (AvgIpc) is 3.44. The predicted molar refractivity (Wildman–Crippen MR) is 119 cm³/mol. The largest absolute Gasteiger partial charge is 0.493 e. The van der Waals surface area contributed by atoms with Gasteiger partial charge in [-0.3, -0.25) is 4.99 Å². The van der Waals surface area contributed by atoms with E-state index in [-0.39, 0.29) is 24.0 Å². The number of aliphatic imine (C=N–C) groups is 1. The lowest BCUT2D eigenvalue weighted by atomic mass is 10.1. The van der Waals surface area contributed by atoms with Crippen molar-refractivity contribution in [3.8, 4) is 5.75 Å². The molecule has 6 heteroatoms. The lowest BCUT2D eigenvalue weighted by molar-refractivity contribution is 0.172. The van der Waals surface area contributed by atoms with Gasteiger partial charge in [-0.2, -0.15) is 0 Å². The van der Waals surface area contributed by atoms with Crippen LogP contribution >= 0.6 is 24.0 Å². The van der Waals surface area contributed by atoms with E-state index in [1.807, 2.05) is 7.05 Å². The van der Waals surface area contributed by atoms with Crippen LogP contribution in [0.4, 0.5) is 0 Å². The quantitative estimate of drug-likeness (QED) is 0.221. The summed E-state index contributed by atoms with van der Waals surface area (Å²) in [5.41, 5.74) is 2.34. The Morgan fingerprint density at radius 3 is 2.69 bits per heavy atom. The van der Waals surface area contributed by atoms with Crippen LogP contribution in [0.5, 0.6) is 5.75 Å². The summed E-state index contributed by atoms with van der Waals surface area (Å²) in [4.78, 5) is 4.31. The molecule has 26 heavy (non-hydrogen) atoms. The lowest BCUT2D eigenvalue weighted by Gasteiger charge is -2.15. The van der Waals surface area contributed by atoms with E-state index in [9.17, 15) is 0 Å². The molecule has 0 aliphatic heterocycles. The Kier molecular flexibility index (Phi) is 11.7. The second-order valence-corrected chi connectivity index (χ2v) is 6.74. The third kappa shape index (κ3) is 9.07. The highest BCUT2D eigenvalue weighted by Gasteiger charge is 2.19. The van der Waals surface area contributed by atoms with E-state index >= 15 is 0 Å². The van der Waals surface area contributed by atoms with Gasteiger partial charge in [0.05, 0.1) is 6.61 Å². The first-order valence-corrected chi connectivity index (χ1v) is 9.38. The molecule has 1 aromatic carbocycles. The van der Waals surface area contributed by atoms with Gasteiger partial charge >= 0.3 is 0 Å². The second kappa shape index (κ2) is 13.2. The number of rotatable bonds is 11. The molecular weight excluding hydrogens is 441 g/mol. The summed E-state index contributed by atoms with van der Waals surface area (Å²) in [5.74, 6) is 2.77. The van der Waals surface area contributed by atoms with Crippen molar-refractivity contribution < 1.29 is 9.47 Å². The molecule has 0 atom stereocenters. The topological polar surface area (TPSA) is 54.9 Å². The van der Waals surface area contributed by atoms with Gasteiger partial charge < -0.3 is 20.1 Å². The first-order chi connectivity index (χ1) is 12.2. The third-order valence-electron chi connectivity index (χ3n) is 4.42. The van der Waals surface area contributed by atoms with Crippen LogP contribution in [0.15, 0.2) is 23.2 Å². The fraction of sp³-hybridized carbons (Fsp3) is 0.650. The van der Waals surface area contributed by atoms with Crippen LogP contribution in [-0.2, 0) is 11.3 Å². The number of nitrogens with one attached hydrogen (secondary N) is 2. The highest BCUT2D eigenvalue weighted by molar-refractivity contribution is 14.0. The Morgan fingerprint density at radius 2 is 2.00 bits per heavy atom. The molecule has 0 saturated heterocycles. The van der Waals surface area contributed by atoms with E-state index in [1.165, 1.54) is 31.2 Å². The monoisotopic (exact) mass is 475 g/mol. The number of guanidine groups is 1. The molecule has 0 amide bonds. The van der Waals surface area contributed by atoms with Gasteiger partial charge in [-0.1, -0.05) is 25.0 Å². The standard InChI is InChI=1S/C20H33N3O2.HI/c1-16-7-10-18(19(14-16)25-13-5-12-24-3)15-23-20(21-2)22-11-4-6-17-8-9-17;/h7,10,14,17H,4-6,8-9,11-13,15H2,1-3H3,(H2,21,22,23);1H. The minimum atomic E-state index is 0. The number of methoxy groups -OCH3 is 1. The van der Waals surface area contributed by atoms with Gasteiger partial charge in [0.1, 0.15) is 5.75 Å². The zero-order valence-corrected chi connectivity index (χ0v) is 18.7. The highest BCUT2D eigenvalue weighted by Crippen LogP contribution is 2.33. The molecule has 1 aliphatic rings. The molecule has 2 N–H and O–H groups in total. The average molecular weight is 475 g/mol. The van der Waals surface area contributed by atoms with Gasteiger partial charge in [-0.25, -0.2) is 0 Å². The fourth-order valence-electron chi connectivity index (χ4n) is 2.73. The maximum atomic E-state index is 5.94. The Balaban J connectivity index is 0.00000338. The molecule has 1 fully saturated rings. The molecule has 5 nitrogen and oxygen atoms in total. The minimum Gasteiger partial charge on any atom is -0.493 e. The van der Waals surface area contributed by atoms with Crippen molar-refractivity contribution in [2.24, 2.45) is 10.9 Å². The van der Waals surface area contributed by atoms with Crippen molar-refractivity contribution in [3.63, 3.8) is 0 Å². The van der Waals surface area contributed by atoms with E-state index < -0.39 is 0 Å². The summed E-state index contributed by atoms with van der Waals surface area (Å²) in [5, 5.41) is 6.78. The predicted octanol–water partition coefficient (Wildman–Crippen LogP) is 3.88. The van der Waals surface area contributed by atoms with E-state index in [0.29, 0.717) is 13.2 Å². The van der Waals surface area contributed by atoms with Gasteiger partial charge in [0.15, 0.2) is 5.96 Å². The SMILES string of the molecule is CN=C(NCCCC1CC1)NCc1ccc(C)cc1OCCCOC.I. The Hall–Kier alpha value is -1.02.